The number of ether oxygens (including phenoxy) is 3. The van der Waals surface area contributed by atoms with Gasteiger partial charge in [0.1, 0.15) is 0 Å². The van der Waals surface area contributed by atoms with E-state index in [9.17, 15) is 28.9 Å². The molecule has 1 aliphatic heterocycles. The molecule has 11 heteroatoms. The van der Waals surface area contributed by atoms with Crippen LogP contribution in [0.4, 0.5) is 15.8 Å². The Hall–Kier alpha value is -4.28. The minimum absolute atomic E-state index is 0.0806. The molecule has 1 heterocycles. The van der Waals surface area contributed by atoms with E-state index in [1.54, 1.807) is 12.1 Å². The van der Waals surface area contributed by atoms with Gasteiger partial charge >= 0.3 is 17.6 Å². The maximum atomic E-state index is 13.6. The highest BCUT2D eigenvalue weighted by atomic mass is 19.1. The van der Waals surface area contributed by atoms with Crippen molar-refractivity contribution in [1.29, 1.82) is 0 Å². The highest BCUT2D eigenvalue weighted by molar-refractivity contribution is 6.00. The second kappa shape index (κ2) is 9.90. The zero-order chi connectivity index (χ0) is 24.1. The average molecular weight is 458 g/mol. The number of methoxy groups -OCH3 is 2. The van der Waals surface area contributed by atoms with E-state index in [0.717, 1.165) is 12.1 Å². The fourth-order valence-electron chi connectivity index (χ4n) is 3.22. The Morgan fingerprint density at radius 1 is 1.18 bits per heavy atom. The lowest BCUT2D eigenvalue weighted by Crippen LogP contribution is -2.27. The van der Waals surface area contributed by atoms with Gasteiger partial charge in [0.25, 0.3) is 0 Å². The predicted octanol–water partition coefficient (Wildman–Crippen LogP) is 2.89. The van der Waals surface area contributed by atoms with E-state index in [0.29, 0.717) is 5.56 Å². The van der Waals surface area contributed by atoms with Crippen LogP contribution in [-0.4, -0.2) is 43.5 Å². The van der Waals surface area contributed by atoms with E-state index in [-0.39, 0.29) is 30.2 Å². The predicted molar refractivity (Wildman–Crippen MR) is 113 cm³/mol. The molecular formula is C22H19FN2O8. The maximum absolute atomic E-state index is 13.6. The summed E-state index contributed by atoms with van der Waals surface area (Å²) in [5.74, 6) is -3.21. The van der Waals surface area contributed by atoms with Crippen LogP contribution in [0, 0.1) is 21.8 Å². The number of halogens is 1. The molecule has 0 saturated carbocycles. The third kappa shape index (κ3) is 5.32. The zero-order valence-electron chi connectivity index (χ0n) is 17.6. The standard InChI is InChI=1S/C22H19FN2O8/c1-31-19-9-13(4-8-21(27)32-2)3-7-18(19)33-22(28)14-10-20(26)24(12-14)15-5-6-16(23)17(11-15)25(29)30/h3-9,11,14H,10,12H2,1-2H3/b8-4+. The number of hydrogen-bond acceptors (Lipinski definition) is 8. The van der Waals surface area contributed by atoms with Gasteiger partial charge in [0, 0.05) is 25.1 Å². The number of benzene rings is 2. The second-order valence-electron chi connectivity index (χ2n) is 6.99. The summed E-state index contributed by atoms with van der Waals surface area (Å²) in [6, 6.07) is 7.70. The van der Waals surface area contributed by atoms with Crippen molar-refractivity contribution >= 4 is 35.3 Å². The summed E-state index contributed by atoms with van der Waals surface area (Å²) in [6.45, 7) is -0.0806. The van der Waals surface area contributed by atoms with Crippen molar-refractivity contribution in [2.45, 2.75) is 6.42 Å². The largest absolute Gasteiger partial charge is 0.493 e. The van der Waals surface area contributed by atoms with Gasteiger partial charge in [0.2, 0.25) is 11.7 Å². The van der Waals surface area contributed by atoms with Crippen molar-refractivity contribution in [2.24, 2.45) is 5.92 Å². The van der Waals surface area contributed by atoms with Crippen molar-refractivity contribution in [1.82, 2.24) is 0 Å². The Balaban J connectivity index is 1.73. The number of nitrogens with zero attached hydrogens (tertiary/aromatic N) is 2. The molecule has 0 N–H and O–H groups in total. The Labute approximate surface area is 187 Å². The maximum Gasteiger partial charge on any atom is 0.330 e. The molecule has 1 amide bonds. The molecule has 1 unspecified atom stereocenters. The summed E-state index contributed by atoms with van der Waals surface area (Å²) in [6.07, 6.45) is 2.54. The van der Waals surface area contributed by atoms with E-state index in [1.807, 2.05) is 0 Å². The molecule has 0 radical (unpaired) electrons. The lowest BCUT2D eigenvalue weighted by atomic mass is 10.1. The number of amides is 1. The van der Waals surface area contributed by atoms with Gasteiger partial charge in [-0.3, -0.25) is 19.7 Å². The number of nitro benzene ring substituents is 1. The highest BCUT2D eigenvalue weighted by Crippen LogP contribution is 2.33. The van der Waals surface area contributed by atoms with Crippen LogP contribution in [0.15, 0.2) is 42.5 Å². The molecule has 172 valence electrons. The monoisotopic (exact) mass is 458 g/mol. The molecule has 2 aromatic rings. The third-order valence-corrected chi connectivity index (χ3v) is 4.91. The molecule has 1 aliphatic rings. The van der Waals surface area contributed by atoms with Crippen molar-refractivity contribution in [3.63, 3.8) is 0 Å². The minimum Gasteiger partial charge on any atom is -0.493 e. The van der Waals surface area contributed by atoms with E-state index in [2.05, 4.69) is 4.74 Å². The van der Waals surface area contributed by atoms with Gasteiger partial charge in [-0.05, 0) is 35.9 Å². The van der Waals surface area contributed by atoms with Gasteiger partial charge < -0.3 is 19.1 Å². The summed E-state index contributed by atoms with van der Waals surface area (Å²) < 4.78 is 28.8. The molecule has 0 aromatic heterocycles. The van der Waals surface area contributed by atoms with Crippen LogP contribution in [-0.2, 0) is 19.1 Å². The van der Waals surface area contributed by atoms with Crippen LogP contribution in [0.5, 0.6) is 11.5 Å². The summed E-state index contributed by atoms with van der Waals surface area (Å²) in [4.78, 5) is 47.6. The summed E-state index contributed by atoms with van der Waals surface area (Å²) in [5, 5.41) is 11.0. The fraction of sp³-hybridized carbons (Fsp3) is 0.227. The molecule has 10 nitrogen and oxygen atoms in total. The van der Waals surface area contributed by atoms with Gasteiger partial charge in [-0.1, -0.05) is 6.07 Å². The lowest BCUT2D eigenvalue weighted by Gasteiger charge is -2.16. The van der Waals surface area contributed by atoms with Crippen molar-refractivity contribution in [3.8, 4) is 11.5 Å². The molecule has 3 rings (SSSR count). The van der Waals surface area contributed by atoms with Crippen molar-refractivity contribution < 1.29 is 37.9 Å². The Bertz CT molecular complexity index is 1150. The van der Waals surface area contributed by atoms with E-state index < -0.39 is 40.2 Å². The average Bonchev–Trinajstić information content (AvgIpc) is 3.19. The van der Waals surface area contributed by atoms with Crippen molar-refractivity contribution in [3.05, 3.63) is 64.0 Å². The van der Waals surface area contributed by atoms with Gasteiger partial charge in [-0.15, -0.1) is 0 Å². The Morgan fingerprint density at radius 2 is 1.94 bits per heavy atom. The van der Waals surface area contributed by atoms with Crippen LogP contribution >= 0.6 is 0 Å². The SMILES string of the molecule is COC(=O)/C=C/c1ccc(OC(=O)C2CC(=O)N(c3ccc(F)c([N+](=O)[O-])c3)C2)c(OC)c1. The number of nitro groups is 1. The molecular weight excluding hydrogens is 439 g/mol. The minimum atomic E-state index is -1.02. The van der Waals surface area contributed by atoms with Gasteiger partial charge in [0.05, 0.1) is 30.7 Å². The first-order valence-corrected chi connectivity index (χ1v) is 9.63. The van der Waals surface area contributed by atoms with Gasteiger partial charge in [-0.2, -0.15) is 4.39 Å². The number of rotatable bonds is 7. The highest BCUT2D eigenvalue weighted by Gasteiger charge is 2.37. The number of carbonyl (C=O) groups is 3. The zero-order valence-corrected chi connectivity index (χ0v) is 17.6. The molecule has 0 spiro atoms. The normalized spacial score (nSPS) is 15.5. The molecule has 1 atom stereocenters. The molecule has 0 bridgehead atoms. The van der Waals surface area contributed by atoms with Crippen LogP contribution in [0.3, 0.4) is 0 Å². The first-order chi connectivity index (χ1) is 15.7. The van der Waals surface area contributed by atoms with Crippen LogP contribution in [0.25, 0.3) is 6.08 Å². The Kier molecular flexibility index (Phi) is 7.01. The quantitative estimate of drug-likeness (QED) is 0.204. The van der Waals surface area contributed by atoms with E-state index >= 15 is 0 Å². The molecule has 0 aliphatic carbocycles. The number of carbonyl (C=O) groups excluding carboxylic acids is 3. The summed E-state index contributed by atoms with van der Waals surface area (Å²) in [7, 11) is 2.63. The first-order valence-electron chi connectivity index (χ1n) is 9.63. The number of anilines is 1. The second-order valence-corrected chi connectivity index (χ2v) is 6.99. The first kappa shape index (κ1) is 23.4. The van der Waals surface area contributed by atoms with E-state index in [4.69, 9.17) is 9.47 Å². The number of hydrogen-bond donors (Lipinski definition) is 0. The smallest absolute Gasteiger partial charge is 0.330 e. The molecule has 1 fully saturated rings. The number of esters is 2. The lowest BCUT2D eigenvalue weighted by molar-refractivity contribution is -0.387. The van der Waals surface area contributed by atoms with Crippen LogP contribution in [0.2, 0.25) is 0 Å². The summed E-state index contributed by atoms with van der Waals surface area (Å²) in [5.41, 5.74) is -0.0581. The third-order valence-electron chi connectivity index (χ3n) is 4.91. The van der Waals surface area contributed by atoms with Gasteiger partial charge in [-0.25, -0.2) is 4.79 Å². The summed E-state index contributed by atoms with van der Waals surface area (Å²) >= 11 is 0. The van der Waals surface area contributed by atoms with Gasteiger partial charge in [0.15, 0.2) is 11.5 Å². The Morgan fingerprint density at radius 3 is 2.61 bits per heavy atom. The fourth-order valence-corrected chi connectivity index (χ4v) is 3.22. The molecule has 2 aromatic carbocycles. The molecule has 1 saturated heterocycles. The topological polar surface area (TPSA) is 125 Å². The molecule has 33 heavy (non-hydrogen) atoms. The van der Waals surface area contributed by atoms with Crippen molar-refractivity contribution in [2.75, 3.05) is 25.7 Å². The van der Waals surface area contributed by atoms with Crippen LogP contribution in [0.1, 0.15) is 12.0 Å². The van der Waals surface area contributed by atoms with Crippen LogP contribution < -0.4 is 14.4 Å². The van der Waals surface area contributed by atoms with E-state index in [1.165, 1.54) is 43.4 Å².